The average molecular weight is 262 g/mol. The van der Waals surface area contributed by atoms with Crippen molar-refractivity contribution in [1.82, 2.24) is 4.98 Å². The van der Waals surface area contributed by atoms with Crippen LogP contribution in [0.3, 0.4) is 0 Å². The van der Waals surface area contributed by atoms with Gasteiger partial charge in [0.1, 0.15) is 5.82 Å². The molecule has 18 heavy (non-hydrogen) atoms. The molecule has 0 aliphatic rings. The number of hydrogen-bond acceptors (Lipinski definition) is 3. The van der Waals surface area contributed by atoms with Crippen molar-refractivity contribution in [1.29, 1.82) is 0 Å². The molecule has 0 saturated heterocycles. The molecule has 0 bridgehead atoms. The Balaban J connectivity index is 1.91. The van der Waals surface area contributed by atoms with Gasteiger partial charge in [-0.1, -0.05) is 35.9 Å². The molecule has 0 aliphatic carbocycles. The quantitative estimate of drug-likeness (QED) is 0.870. The molecule has 2 aromatic rings. The van der Waals surface area contributed by atoms with Gasteiger partial charge >= 0.3 is 0 Å². The van der Waals surface area contributed by atoms with Crippen LogP contribution in [0.2, 0.25) is 5.02 Å². The largest absolute Gasteiger partial charge is 0.366 e. The number of halogens is 1. The molecule has 4 heteroatoms. The van der Waals surface area contributed by atoms with Crippen LogP contribution in [-0.4, -0.2) is 11.5 Å². The molecule has 1 heterocycles. The predicted octanol–water partition coefficient (Wildman–Crippen LogP) is 2.85. The number of nitrogens with two attached hydrogens (primary N) is 1. The van der Waals surface area contributed by atoms with Gasteiger partial charge < -0.3 is 11.1 Å². The van der Waals surface area contributed by atoms with E-state index in [9.17, 15) is 0 Å². The Kier molecular flexibility index (Phi) is 4.56. The monoisotopic (exact) mass is 261 g/mol. The maximum absolute atomic E-state index is 5.78. The number of pyridine rings is 1. The summed E-state index contributed by atoms with van der Waals surface area (Å²) in [6.45, 7) is 1.43. The van der Waals surface area contributed by atoms with Crippen LogP contribution < -0.4 is 11.1 Å². The number of nitrogens with one attached hydrogen (secondary N) is 1. The molecule has 0 spiro atoms. The highest BCUT2D eigenvalue weighted by atomic mass is 35.5. The third-order valence-corrected chi connectivity index (χ3v) is 2.88. The Morgan fingerprint density at radius 3 is 2.39 bits per heavy atom. The SMILES string of the molecule is NCCc1ccc(CNc2ccc(Cl)cn2)cc1. The number of aromatic nitrogens is 1. The van der Waals surface area contributed by atoms with Gasteiger partial charge in [0, 0.05) is 12.7 Å². The molecule has 0 saturated carbocycles. The van der Waals surface area contributed by atoms with E-state index in [0.717, 1.165) is 18.8 Å². The van der Waals surface area contributed by atoms with E-state index in [2.05, 4.69) is 34.6 Å². The van der Waals surface area contributed by atoms with Crippen molar-refractivity contribution in [3.8, 4) is 0 Å². The third kappa shape index (κ3) is 3.72. The second-order valence-corrected chi connectivity index (χ2v) is 4.51. The van der Waals surface area contributed by atoms with Gasteiger partial charge in [0.05, 0.1) is 5.02 Å². The van der Waals surface area contributed by atoms with E-state index in [1.807, 2.05) is 12.1 Å². The van der Waals surface area contributed by atoms with Crippen molar-refractivity contribution in [2.75, 3.05) is 11.9 Å². The van der Waals surface area contributed by atoms with Crippen LogP contribution in [0.5, 0.6) is 0 Å². The first kappa shape index (κ1) is 12.9. The molecular formula is C14H16ClN3. The minimum atomic E-state index is 0.645. The zero-order valence-corrected chi connectivity index (χ0v) is 10.8. The maximum atomic E-state index is 5.78. The fourth-order valence-electron chi connectivity index (χ4n) is 1.66. The van der Waals surface area contributed by atoms with Gasteiger partial charge in [-0.15, -0.1) is 0 Å². The van der Waals surface area contributed by atoms with Crippen LogP contribution in [0, 0.1) is 0 Å². The lowest BCUT2D eigenvalue weighted by Gasteiger charge is -2.06. The molecule has 0 aliphatic heterocycles. The molecule has 0 amide bonds. The van der Waals surface area contributed by atoms with Gasteiger partial charge in [-0.2, -0.15) is 0 Å². The van der Waals surface area contributed by atoms with E-state index < -0.39 is 0 Å². The number of nitrogens with zero attached hydrogens (tertiary/aromatic N) is 1. The van der Waals surface area contributed by atoms with Crippen LogP contribution in [-0.2, 0) is 13.0 Å². The van der Waals surface area contributed by atoms with E-state index in [1.54, 1.807) is 6.20 Å². The fraction of sp³-hybridized carbons (Fsp3) is 0.214. The number of benzene rings is 1. The van der Waals surface area contributed by atoms with Crippen molar-refractivity contribution >= 4 is 17.4 Å². The first-order valence-corrected chi connectivity index (χ1v) is 6.29. The lowest BCUT2D eigenvalue weighted by molar-refractivity contribution is 0.966. The molecule has 0 atom stereocenters. The first-order chi connectivity index (χ1) is 8.78. The van der Waals surface area contributed by atoms with Crippen LogP contribution in [0.25, 0.3) is 0 Å². The van der Waals surface area contributed by atoms with E-state index in [4.69, 9.17) is 17.3 Å². The van der Waals surface area contributed by atoms with Crippen LogP contribution >= 0.6 is 11.6 Å². The van der Waals surface area contributed by atoms with Crippen LogP contribution in [0.4, 0.5) is 5.82 Å². The van der Waals surface area contributed by atoms with Gasteiger partial charge in [-0.3, -0.25) is 0 Å². The van der Waals surface area contributed by atoms with Crippen molar-refractivity contribution < 1.29 is 0 Å². The summed E-state index contributed by atoms with van der Waals surface area (Å²) in [7, 11) is 0. The second kappa shape index (κ2) is 6.38. The number of anilines is 1. The Bertz CT molecular complexity index is 479. The molecule has 94 valence electrons. The minimum absolute atomic E-state index is 0.645. The number of rotatable bonds is 5. The van der Waals surface area contributed by atoms with E-state index in [-0.39, 0.29) is 0 Å². The zero-order valence-electron chi connectivity index (χ0n) is 10.1. The highest BCUT2D eigenvalue weighted by molar-refractivity contribution is 6.30. The second-order valence-electron chi connectivity index (χ2n) is 4.07. The highest BCUT2D eigenvalue weighted by Crippen LogP contribution is 2.11. The predicted molar refractivity (Wildman–Crippen MR) is 75.8 cm³/mol. The van der Waals surface area contributed by atoms with Crippen molar-refractivity contribution in [2.45, 2.75) is 13.0 Å². The molecule has 0 radical (unpaired) electrons. The van der Waals surface area contributed by atoms with Gasteiger partial charge in [-0.25, -0.2) is 4.98 Å². The van der Waals surface area contributed by atoms with Gasteiger partial charge in [-0.05, 0) is 36.2 Å². The Morgan fingerprint density at radius 1 is 1.06 bits per heavy atom. The minimum Gasteiger partial charge on any atom is -0.366 e. The first-order valence-electron chi connectivity index (χ1n) is 5.91. The normalized spacial score (nSPS) is 10.3. The summed E-state index contributed by atoms with van der Waals surface area (Å²) in [5, 5.41) is 3.89. The summed E-state index contributed by atoms with van der Waals surface area (Å²) in [6.07, 6.45) is 2.56. The van der Waals surface area contributed by atoms with Crippen LogP contribution in [0.15, 0.2) is 42.6 Å². The summed E-state index contributed by atoms with van der Waals surface area (Å²) in [4.78, 5) is 4.18. The molecule has 0 fully saturated rings. The lowest BCUT2D eigenvalue weighted by atomic mass is 10.1. The van der Waals surface area contributed by atoms with Gasteiger partial charge in [0.15, 0.2) is 0 Å². The highest BCUT2D eigenvalue weighted by Gasteiger charge is 1.96. The molecule has 1 aromatic carbocycles. The standard InChI is InChI=1S/C14H16ClN3/c15-13-5-6-14(18-10-13)17-9-12-3-1-11(2-4-12)7-8-16/h1-6,10H,7-9,16H2,(H,17,18). The van der Waals surface area contributed by atoms with Crippen molar-refractivity contribution in [2.24, 2.45) is 5.73 Å². The zero-order chi connectivity index (χ0) is 12.8. The smallest absolute Gasteiger partial charge is 0.126 e. The number of hydrogen-bond donors (Lipinski definition) is 2. The summed E-state index contributed by atoms with van der Waals surface area (Å²) < 4.78 is 0. The molecule has 2 rings (SSSR count). The third-order valence-electron chi connectivity index (χ3n) is 2.66. The summed E-state index contributed by atoms with van der Waals surface area (Å²) in [5.41, 5.74) is 8.00. The van der Waals surface area contributed by atoms with Crippen molar-refractivity contribution in [3.63, 3.8) is 0 Å². The van der Waals surface area contributed by atoms with Crippen LogP contribution in [0.1, 0.15) is 11.1 Å². The lowest BCUT2D eigenvalue weighted by Crippen LogP contribution is -2.03. The van der Waals surface area contributed by atoms with E-state index in [0.29, 0.717) is 11.6 Å². The average Bonchev–Trinajstić information content (AvgIpc) is 2.40. The Hall–Kier alpha value is -1.58. The van der Waals surface area contributed by atoms with E-state index in [1.165, 1.54) is 11.1 Å². The van der Waals surface area contributed by atoms with Crippen molar-refractivity contribution in [3.05, 3.63) is 58.7 Å². The summed E-state index contributed by atoms with van der Waals surface area (Å²) >= 11 is 5.78. The molecule has 0 unspecified atom stereocenters. The molecular weight excluding hydrogens is 246 g/mol. The maximum Gasteiger partial charge on any atom is 0.126 e. The fourth-order valence-corrected chi connectivity index (χ4v) is 1.78. The topological polar surface area (TPSA) is 50.9 Å². The molecule has 1 aromatic heterocycles. The summed E-state index contributed by atoms with van der Waals surface area (Å²) in [5.74, 6) is 0.824. The summed E-state index contributed by atoms with van der Waals surface area (Å²) in [6, 6.07) is 12.1. The Labute approximate surface area is 112 Å². The van der Waals surface area contributed by atoms with Gasteiger partial charge in [0.2, 0.25) is 0 Å². The van der Waals surface area contributed by atoms with Gasteiger partial charge in [0.25, 0.3) is 0 Å². The molecule has 3 N–H and O–H groups in total. The molecule has 3 nitrogen and oxygen atoms in total. The Morgan fingerprint density at radius 2 is 1.78 bits per heavy atom. The van der Waals surface area contributed by atoms with E-state index >= 15 is 0 Å².